The largest absolute Gasteiger partial charge is 0.858 e. The van der Waals surface area contributed by atoms with Gasteiger partial charge in [0.2, 0.25) is 0 Å². The third kappa shape index (κ3) is 5.31. The highest BCUT2D eigenvalue weighted by Gasteiger charge is 2.49. The summed E-state index contributed by atoms with van der Waals surface area (Å²) in [6.07, 6.45) is 6.76. The van der Waals surface area contributed by atoms with Crippen LogP contribution in [-0.4, -0.2) is 20.9 Å². The topological polar surface area (TPSA) is 84.1 Å². The Hall–Kier alpha value is -5.49. The summed E-state index contributed by atoms with van der Waals surface area (Å²) >= 11 is 0. The number of carbonyl (C=O) groups excluding carboxylic acids is 2. The number of aromatic nitrogens is 2. The Morgan fingerprint density at radius 1 is 0.581 bits per heavy atom. The second-order valence-electron chi connectivity index (χ2n) is 10.5. The molecule has 212 valence electrons. The smallest absolute Gasteiger partial charge is 0.278 e. The number of para-hydroxylation sites is 2. The summed E-state index contributed by atoms with van der Waals surface area (Å²) in [6, 6.07) is 36.9. The molecule has 1 heterocycles. The summed E-state index contributed by atoms with van der Waals surface area (Å²) in [5.41, 5.74) is 2.38. The van der Waals surface area contributed by atoms with Crippen molar-refractivity contribution in [2.75, 3.05) is 0 Å². The quantitative estimate of drug-likeness (QED) is 0.171. The van der Waals surface area contributed by atoms with Crippen LogP contribution in [0.15, 0.2) is 144 Å². The molecule has 6 rings (SSSR count). The third-order valence-corrected chi connectivity index (χ3v) is 7.88. The zero-order valence-corrected chi connectivity index (χ0v) is 23.3. The van der Waals surface area contributed by atoms with E-state index in [9.17, 15) is 19.5 Å². The van der Waals surface area contributed by atoms with E-state index in [1.54, 1.807) is 42.5 Å². The molecule has 2 unspecified atom stereocenters. The van der Waals surface area contributed by atoms with Gasteiger partial charge in [-0.3, -0.25) is 19.1 Å². The molecule has 1 aromatic heterocycles. The summed E-state index contributed by atoms with van der Waals surface area (Å²) in [6.45, 7) is 0. The molecule has 6 nitrogen and oxygen atoms in total. The standard InChI is InChI=1S/C37H30N2O4/c40-34-30(35(41)33(27-18-8-2-9-19-27)32(34)26-16-6-1-7-17-26)24-14-5-15-25-31-36(42)38(28-20-10-3-11-21-28)39(37(31)43)29-22-12-4-13-23-29/h1-23,25,30,32-33,42H,24H2/p-1. The molecule has 0 radical (unpaired) electrons. The predicted octanol–water partition coefficient (Wildman–Crippen LogP) is 6.00. The Bertz CT molecular complexity index is 1800. The third-order valence-electron chi connectivity index (χ3n) is 7.88. The van der Waals surface area contributed by atoms with Crippen molar-refractivity contribution in [1.82, 2.24) is 9.36 Å². The van der Waals surface area contributed by atoms with E-state index >= 15 is 0 Å². The lowest BCUT2D eigenvalue weighted by atomic mass is 9.83. The van der Waals surface area contributed by atoms with Gasteiger partial charge in [0.15, 0.2) is 11.6 Å². The van der Waals surface area contributed by atoms with Crippen molar-refractivity contribution >= 4 is 17.6 Å². The van der Waals surface area contributed by atoms with Gasteiger partial charge < -0.3 is 5.11 Å². The average Bonchev–Trinajstić information content (AvgIpc) is 3.46. The minimum Gasteiger partial charge on any atom is -0.858 e. The lowest BCUT2D eigenvalue weighted by molar-refractivity contribution is -0.278. The van der Waals surface area contributed by atoms with E-state index < -0.39 is 29.2 Å². The van der Waals surface area contributed by atoms with E-state index in [4.69, 9.17) is 0 Å². The van der Waals surface area contributed by atoms with Crippen LogP contribution < -0.4 is 10.7 Å². The molecule has 0 amide bonds. The highest BCUT2D eigenvalue weighted by molar-refractivity contribution is 6.16. The maximum absolute atomic E-state index is 13.6. The Balaban J connectivity index is 1.27. The second kappa shape index (κ2) is 12.2. The average molecular weight is 566 g/mol. The molecule has 4 aromatic carbocycles. The lowest BCUT2D eigenvalue weighted by Gasteiger charge is -2.17. The lowest BCUT2D eigenvalue weighted by Crippen LogP contribution is -2.21. The highest BCUT2D eigenvalue weighted by Crippen LogP contribution is 2.45. The van der Waals surface area contributed by atoms with Crippen molar-refractivity contribution in [2.45, 2.75) is 18.3 Å². The van der Waals surface area contributed by atoms with E-state index in [0.29, 0.717) is 11.4 Å². The summed E-state index contributed by atoms with van der Waals surface area (Å²) in [7, 11) is 0. The fraction of sp³-hybridized carbons (Fsp3) is 0.108. The van der Waals surface area contributed by atoms with Gasteiger partial charge in [0.05, 0.1) is 34.7 Å². The van der Waals surface area contributed by atoms with Gasteiger partial charge in [0.25, 0.3) is 5.56 Å². The number of benzene rings is 4. The number of Topliss-reactive ketones (excluding diaryl/α,β-unsaturated/α-hetero) is 2. The molecule has 2 atom stereocenters. The SMILES string of the molecule is O=C1C(CC=CC=Cc2c([O-])n(-c3ccccc3)n(-c3ccccc3)c2=O)C(=O)C(c2ccccc2)C1c1ccccc1. The van der Waals surface area contributed by atoms with Gasteiger partial charge in [-0.2, -0.15) is 0 Å². The first-order valence-electron chi connectivity index (χ1n) is 14.2. The molecule has 1 fully saturated rings. The van der Waals surface area contributed by atoms with Gasteiger partial charge >= 0.3 is 0 Å². The van der Waals surface area contributed by atoms with Gasteiger partial charge in [-0.1, -0.05) is 115 Å². The van der Waals surface area contributed by atoms with Crippen molar-refractivity contribution < 1.29 is 14.7 Å². The summed E-state index contributed by atoms with van der Waals surface area (Å²) in [4.78, 5) is 40.7. The monoisotopic (exact) mass is 565 g/mol. The first-order chi connectivity index (χ1) is 21.1. The van der Waals surface area contributed by atoms with Crippen molar-refractivity contribution in [3.05, 3.63) is 167 Å². The van der Waals surface area contributed by atoms with Crippen LogP contribution in [0.5, 0.6) is 5.88 Å². The van der Waals surface area contributed by atoms with Crippen molar-refractivity contribution in [1.29, 1.82) is 0 Å². The molecule has 0 aliphatic heterocycles. The van der Waals surface area contributed by atoms with Gasteiger partial charge in [0.1, 0.15) is 0 Å². The van der Waals surface area contributed by atoms with Gasteiger partial charge in [-0.15, -0.1) is 0 Å². The Labute approximate surface area is 249 Å². The van der Waals surface area contributed by atoms with Crippen molar-refractivity contribution in [3.63, 3.8) is 0 Å². The van der Waals surface area contributed by atoms with Crippen LogP contribution >= 0.6 is 0 Å². The minimum atomic E-state index is -0.774. The van der Waals surface area contributed by atoms with Crippen molar-refractivity contribution in [3.8, 4) is 17.3 Å². The highest BCUT2D eigenvalue weighted by atomic mass is 16.3. The molecule has 0 saturated heterocycles. The van der Waals surface area contributed by atoms with Crippen LogP contribution in [0.2, 0.25) is 0 Å². The second-order valence-corrected chi connectivity index (χ2v) is 10.5. The van der Waals surface area contributed by atoms with Crippen LogP contribution in [0, 0.1) is 5.92 Å². The molecule has 0 bridgehead atoms. The summed E-state index contributed by atoms with van der Waals surface area (Å²) < 4.78 is 2.73. The Morgan fingerprint density at radius 3 is 1.51 bits per heavy atom. The Kier molecular flexibility index (Phi) is 7.83. The fourth-order valence-corrected chi connectivity index (χ4v) is 5.86. The van der Waals surface area contributed by atoms with Crippen molar-refractivity contribution in [2.24, 2.45) is 5.92 Å². The minimum absolute atomic E-state index is 0.0126. The maximum Gasteiger partial charge on any atom is 0.278 e. The van der Waals surface area contributed by atoms with E-state index in [1.807, 2.05) is 97.1 Å². The maximum atomic E-state index is 13.6. The van der Waals surface area contributed by atoms with E-state index in [-0.39, 0.29) is 23.6 Å². The number of hydrogen-bond donors (Lipinski definition) is 0. The first kappa shape index (κ1) is 27.7. The van der Waals surface area contributed by atoms with Gasteiger partial charge in [-0.05, 0) is 47.9 Å². The van der Waals surface area contributed by atoms with E-state index in [1.165, 1.54) is 15.4 Å². The molecular formula is C37H29N2O4-. The van der Waals surface area contributed by atoms with Gasteiger partial charge in [0, 0.05) is 5.88 Å². The normalized spacial score (nSPS) is 18.7. The van der Waals surface area contributed by atoms with Crippen LogP contribution in [0.4, 0.5) is 0 Å². The number of ketones is 2. The molecule has 0 spiro atoms. The summed E-state index contributed by atoms with van der Waals surface area (Å²) in [5, 5.41) is 13.5. The number of rotatable bonds is 8. The van der Waals surface area contributed by atoms with Crippen LogP contribution in [0.25, 0.3) is 17.5 Å². The number of hydrogen-bond acceptors (Lipinski definition) is 4. The molecule has 0 N–H and O–H groups in total. The number of nitrogens with zero attached hydrogens (tertiary/aromatic N) is 2. The van der Waals surface area contributed by atoms with Crippen LogP contribution in [0.1, 0.15) is 34.9 Å². The molecular weight excluding hydrogens is 536 g/mol. The zero-order chi connectivity index (χ0) is 29.8. The Morgan fingerprint density at radius 2 is 1.02 bits per heavy atom. The van der Waals surface area contributed by atoms with Gasteiger partial charge in [-0.25, -0.2) is 4.68 Å². The van der Waals surface area contributed by atoms with E-state index in [2.05, 4.69) is 0 Å². The molecule has 6 heteroatoms. The molecule has 1 aliphatic rings. The molecule has 43 heavy (non-hydrogen) atoms. The van der Waals surface area contributed by atoms with Crippen LogP contribution in [-0.2, 0) is 9.59 Å². The number of allylic oxidation sites excluding steroid dienone is 3. The zero-order valence-electron chi connectivity index (χ0n) is 23.3. The fourth-order valence-electron chi connectivity index (χ4n) is 5.86. The molecule has 1 aliphatic carbocycles. The van der Waals surface area contributed by atoms with Crippen LogP contribution in [0.3, 0.4) is 0 Å². The van der Waals surface area contributed by atoms with E-state index in [0.717, 1.165) is 11.1 Å². The molecule has 1 saturated carbocycles. The summed E-state index contributed by atoms with van der Waals surface area (Å²) in [5.74, 6) is -2.48. The number of carbonyl (C=O) groups is 2. The first-order valence-corrected chi connectivity index (χ1v) is 14.2. The predicted molar refractivity (Wildman–Crippen MR) is 165 cm³/mol. The molecule has 5 aromatic rings.